The maximum atomic E-state index is 5.87. The molecule has 0 spiro atoms. The van der Waals surface area contributed by atoms with Crippen LogP contribution >= 0.6 is 20.8 Å². The first-order valence-corrected chi connectivity index (χ1v) is 8.29. The molecule has 2 atom stereocenters. The molecule has 0 amide bonds. The molecule has 0 fully saturated rings. The third kappa shape index (κ3) is 6.90. The molecule has 1 unspecified atom stereocenters. The Balaban J connectivity index is 2.70. The minimum absolute atomic E-state index is 0.0976. The van der Waals surface area contributed by atoms with Crippen LogP contribution in [-0.4, -0.2) is 29.9 Å². The van der Waals surface area contributed by atoms with Gasteiger partial charge in [-0.05, 0) is 36.9 Å². The van der Waals surface area contributed by atoms with Crippen LogP contribution in [0.2, 0.25) is 0 Å². The molecule has 0 aliphatic carbocycles. The molecule has 0 aromatic heterocycles. The van der Waals surface area contributed by atoms with Crippen LogP contribution in [0, 0.1) is 12.8 Å². The molecule has 0 saturated carbocycles. The molecule has 126 valence electrons. The lowest BCUT2D eigenvalue weighted by atomic mass is 9.96. The minimum Gasteiger partial charge on any atom is -0.330 e. The lowest BCUT2D eigenvalue weighted by molar-refractivity contribution is 0.549. The molecular weight excluding hydrogens is 329 g/mol. The monoisotopic (exact) mass is 353 g/mol. The van der Waals surface area contributed by atoms with E-state index in [2.05, 4.69) is 44.9 Å². The summed E-state index contributed by atoms with van der Waals surface area (Å²) in [5.41, 5.74) is 20.3. The zero-order chi connectivity index (χ0) is 17.4. The Kier molecular flexibility index (Phi) is 8.59. The summed E-state index contributed by atoms with van der Waals surface area (Å²) in [7, 11) is 2.50. The molecule has 0 aliphatic heterocycles. The molecule has 0 heterocycles. The predicted octanol–water partition coefficient (Wildman–Crippen LogP) is 1.78. The Morgan fingerprint density at radius 2 is 2.00 bits per heavy atom. The number of hydrogen-bond acceptors (Lipinski definition) is 5. The molecule has 7 heteroatoms. The quantitative estimate of drug-likeness (QED) is 0.377. The molecule has 0 saturated heterocycles. The van der Waals surface area contributed by atoms with Crippen molar-refractivity contribution < 1.29 is 0 Å². The van der Waals surface area contributed by atoms with Gasteiger partial charge in [0.25, 0.3) is 0 Å². The number of aliphatic imine (C=N–C) groups is 2. The van der Waals surface area contributed by atoms with Crippen LogP contribution in [0.4, 0.5) is 0 Å². The number of allylic oxidation sites excluding steroid dienone is 1. The maximum absolute atomic E-state index is 5.87. The highest BCUT2D eigenvalue weighted by Gasteiger charge is 2.10. The molecule has 0 aliphatic rings. The summed E-state index contributed by atoms with van der Waals surface area (Å²) < 4.78 is 0. The molecule has 6 N–H and O–H groups in total. The number of aryl methyl sites for hydroxylation is 1. The largest absolute Gasteiger partial charge is 0.330 e. The van der Waals surface area contributed by atoms with Crippen molar-refractivity contribution >= 4 is 31.5 Å². The second-order valence-electron chi connectivity index (χ2n) is 5.37. The predicted molar refractivity (Wildman–Crippen MR) is 104 cm³/mol. The van der Waals surface area contributed by atoms with E-state index in [-0.39, 0.29) is 11.1 Å². The van der Waals surface area contributed by atoms with Gasteiger partial charge in [0.15, 0.2) is 0 Å². The second-order valence-corrected chi connectivity index (χ2v) is 6.30. The van der Waals surface area contributed by atoms with Gasteiger partial charge in [-0.15, -0.1) is 0 Å². The highest BCUT2D eigenvalue weighted by molar-refractivity contribution is 7.42. The third-order valence-corrected chi connectivity index (χ3v) is 4.29. The van der Waals surface area contributed by atoms with Crippen molar-refractivity contribution in [1.82, 2.24) is 0 Å². The summed E-state index contributed by atoms with van der Waals surface area (Å²) in [4.78, 5) is 8.52. The van der Waals surface area contributed by atoms with Crippen LogP contribution in [0.25, 0.3) is 0 Å². The summed E-state index contributed by atoms with van der Waals surface area (Å²) in [6.07, 6.45) is 0.0680. The average Bonchev–Trinajstić information content (AvgIpc) is 2.52. The lowest BCUT2D eigenvalue weighted by Crippen LogP contribution is -2.36. The Morgan fingerprint density at radius 1 is 1.35 bits per heavy atom. The third-order valence-electron chi connectivity index (χ3n) is 3.44. The van der Waals surface area contributed by atoms with E-state index < -0.39 is 6.17 Å². The van der Waals surface area contributed by atoms with Gasteiger partial charge in [0.05, 0.1) is 11.1 Å². The van der Waals surface area contributed by atoms with E-state index in [9.17, 15) is 0 Å². The van der Waals surface area contributed by atoms with Gasteiger partial charge in [-0.2, -0.15) is 0 Å². The van der Waals surface area contributed by atoms with E-state index in [1.807, 2.05) is 12.1 Å². The van der Waals surface area contributed by atoms with E-state index in [4.69, 9.17) is 28.8 Å². The van der Waals surface area contributed by atoms with Gasteiger partial charge in [0.1, 0.15) is 11.3 Å². The van der Waals surface area contributed by atoms with Crippen molar-refractivity contribution in [3.8, 4) is 0 Å². The molecular formula is C16H25ClN5P. The SMILES string of the molecule is C=C(N=C(Cl)C(N)N)C(P)=NC[C@H](CN)Cc1ccccc1C. The summed E-state index contributed by atoms with van der Waals surface area (Å²) in [6.45, 7) is 7.06. The van der Waals surface area contributed by atoms with Crippen LogP contribution < -0.4 is 17.2 Å². The van der Waals surface area contributed by atoms with Crippen LogP contribution in [0.5, 0.6) is 0 Å². The van der Waals surface area contributed by atoms with Crippen LogP contribution in [0.15, 0.2) is 46.5 Å². The Bertz CT molecular complexity index is 598. The summed E-state index contributed by atoms with van der Waals surface area (Å²) >= 11 is 5.82. The van der Waals surface area contributed by atoms with Crippen LogP contribution in [-0.2, 0) is 6.42 Å². The van der Waals surface area contributed by atoms with Gasteiger partial charge in [0.2, 0.25) is 0 Å². The first kappa shape index (κ1) is 19.9. The fourth-order valence-corrected chi connectivity index (χ4v) is 2.22. The van der Waals surface area contributed by atoms with Crippen LogP contribution in [0.1, 0.15) is 11.1 Å². The van der Waals surface area contributed by atoms with E-state index in [0.29, 0.717) is 24.2 Å². The average molecular weight is 354 g/mol. The van der Waals surface area contributed by atoms with Crippen molar-refractivity contribution in [3.05, 3.63) is 47.7 Å². The minimum atomic E-state index is -0.816. The smallest absolute Gasteiger partial charge is 0.138 e. The fraction of sp³-hybridized carbons (Fsp3) is 0.375. The fourth-order valence-electron chi connectivity index (χ4n) is 1.95. The topological polar surface area (TPSA) is 103 Å². The number of benzene rings is 1. The van der Waals surface area contributed by atoms with Crippen molar-refractivity contribution in [3.63, 3.8) is 0 Å². The first-order valence-electron chi connectivity index (χ1n) is 7.34. The van der Waals surface area contributed by atoms with Gasteiger partial charge >= 0.3 is 0 Å². The number of nitrogens with zero attached hydrogens (tertiary/aromatic N) is 2. The van der Waals surface area contributed by atoms with Gasteiger partial charge in [-0.3, -0.25) is 4.99 Å². The van der Waals surface area contributed by atoms with E-state index in [1.54, 1.807) is 0 Å². The summed E-state index contributed by atoms with van der Waals surface area (Å²) in [6, 6.07) is 8.29. The Morgan fingerprint density at radius 3 is 2.57 bits per heavy atom. The van der Waals surface area contributed by atoms with Gasteiger partial charge in [-0.1, -0.05) is 51.7 Å². The maximum Gasteiger partial charge on any atom is 0.138 e. The highest BCUT2D eigenvalue weighted by Crippen LogP contribution is 2.14. The molecule has 23 heavy (non-hydrogen) atoms. The van der Waals surface area contributed by atoms with Crippen molar-refractivity contribution in [1.29, 1.82) is 0 Å². The Hall–Kier alpha value is -1.10. The van der Waals surface area contributed by atoms with E-state index >= 15 is 0 Å². The van der Waals surface area contributed by atoms with Gasteiger partial charge in [-0.25, -0.2) is 4.99 Å². The summed E-state index contributed by atoms with van der Waals surface area (Å²) in [5.74, 6) is 0.246. The molecule has 1 aromatic rings. The van der Waals surface area contributed by atoms with Gasteiger partial charge in [0, 0.05) is 6.54 Å². The highest BCUT2D eigenvalue weighted by atomic mass is 35.5. The molecule has 5 nitrogen and oxygen atoms in total. The van der Waals surface area contributed by atoms with Crippen molar-refractivity contribution in [2.75, 3.05) is 13.1 Å². The zero-order valence-corrected chi connectivity index (χ0v) is 15.3. The number of hydrogen-bond donors (Lipinski definition) is 3. The van der Waals surface area contributed by atoms with Crippen molar-refractivity contribution in [2.45, 2.75) is 19.5 Å². The Labute approximate surface area is 145 Å². The number of rotatable bonds is 8. The summed E-state index contributed by atoms with van der Waals surface area (Å²) in [5, 5.41) is 0.0976. The number of nitrogens with two attached hydrogens (primary N) is 3. The van der Waals surface area contributed by atoms with Crippen molar-refractivity contribution in [2.24, 2.45) is 33.1 Å². The van der Waals surface area contributed by atoms with Crippen LogP contribution in [0.3, 0.4) is 0 Å². The molecule has 0 radical (unpaired) electrons. The normalized spacial score (nSPS) is 14.2. The standard InChI is InChI=1S/C16H25ClN5P/c1-10-5-3-4-6-13(10)7-12(8-18)9-21-16(23)11(2)22-14(17)15(19)20/h3-6,12,15H,2,7-9,18-20,23H2,1H3/t12-/m0/s1. The number of halogens is 1. The molecule has 1 rings (SSSR count). The molecule has 1 aromatic carbocycles. The lowest BCUT2D eigenvalue weighted by Gasteiger charge is -2.14. The zero-order valence-electron chi connectivity index (χ0n) is 13.4. The van der Waals surface area contributed by atoms with E-state index in [1.165, 1.54) is 11.1 Å². The first-order chi connectivity index (χ1) is 10.8. The second kappa shape index (κ2) is 9.91. The molecule has 0 bridgehead atoms. The van der Waals surface area contributed by atoms with E-state index in [0.717, 1.165) is 6.42 Å². The van der Waals surface area contributed by atoms with Gasteiger partial charge < -0.3 is 17.2 Å².